The van der Waals surface area contributed by atoms with E-state index in [9.17, 15) is 27.0 Å². The second kappa shape index (κ2) is 12.3. The lowest BCUT2D eigenvalue weighted by molar-refractivity contribution is -0.141. The predicted molar refractivity (Wildman–Crippen MR) is 143 cm³/mol. The van der Waals surface area contributed by atoms with E-state index in [1.54, 1.807) is 6.92 Å². The number of nitrogens with zero attached hydrogens (tertiary/aromatic N) is 3. The number of alkyl halides is 3. The van der Waals surface area contributed by atoms with Gasteiger partial charge < -0.3 is 15.4 Å². The predicted octanol–water partition coefficient (Wildman–Crippen LogP) is 3.49. The van der Waals surface area contributed by atoms with E-state index < -0.39 is 39.1 Å². The van der Waals surface area contributed by atoms with Crippen molar-refractivity contribution in [2.75, 3.05) is 31.3 Å². The summed E-state index contributed by atoms with van der Waals surface area (Å²) >= 11 is 12.2. The molecule has 0 radical (unpaired) electrons. The Morgan fingerprint density at radius 3 is 2.59 bits per heavy atom. The van der Waals surface area contributed by atoms with Gasteiger partial charge in [-0.25, -0.2) is 9.67 Å². The molecule has 3 aromatic rings. The number of carbonyl (C=O) groups is 2. The lowest BCUT2D eigenvalue weighted by Crippen LogP contribution is -2.29. The number of aryl methyl sites for hydroxylation is 1. The Kier molecular flexibility index (Phi) is 9.61. The van der Waals surface area contributed by atoms with E-state index in [1.165, 1.54) is 42.1 Å². The fraction of sp³-hybridized carbons (Fsp3) is 0.261. The fourth-order valence-corrected chi connectivity index (χ4v) is 4.08. The lowest BCUT2D eigenvalue weighted by atomic mass is 10.1. The maximum atomic E-state index is 13.5. The van der Waals surface area contributed by atoms with Gasteiger partial charge in [0, 0.05) is 45.2 Å². The Bertz CT molecular complexity index is 1510. The van der Waals surface area contributed by atoms with Gasteiger partial charge in [0.25, 0.3) is 11.8 Å². The van der Waals surface area contributed by atoms with Crippen molar-refractivity contribution in [2.24, 2.45) is 5.14 Å². The van der Waals surface area contributed by atoms with Crippen LogP contribution in [0.1, 0.15) is 32.1 Å². The molecule has 10 nitrogen and oxygen atoms in total. The van der Waals surface area contributed by atoms with Gasteiger partial charge in [0.15, 0.2) is 11.5 Å². The molecule has 0 saturated carbocycles. The van der Waals surface area contributed by atoms with Gasteiger partial charge in [-0.05, 0) is 36.8 Å². The average Bonchev–Trinajstić information content (AvgIpc) is 3.28. The molecule has 0 bridgehead atoms. The number of ether oxygens (including phenoxy) is 1. The van der Waals surface area contributed by atoms with E-state index in [0.717, 1.165) is 0 Å². The Morgan fingerprint density at radius 1 is 1.23 bits per heavy atom. The Morgan fingerprint density at radius 2 is 1.95 bits per heavy atom. The number of halogens is 5. The van der Waals surface area contributed by atoms with Crippen molar-refractivity contribution in [1.29, 1.82) is 0 Å². The number of anilines is 1. The minimum Gasteiger partial charge on any atom is -0.375 e. The topological polar surface area (TPSA) is 141 Å². The number of nitrogens with one attached hydrogen (secondary N) is 2. The highest BCUT2D eigenvalue weighted by molar-refractivity contribution is 7.98. The molecule has 0 spiro atoms. The number of aromatic nitrogens is 3. The van der Waals surface area contributed by atoms with Gasteiger partial charge in [-0.1, -0.05) is 23.2 Å². The summed E-state index contributed by atoms with van der Waals surface area (Å²) in [5.41, 5.74) is -1.54. The molecule has 1 atom stereocenters. The van der Waals surface area contributed by atoms with Crippen LogP contribution in [0.5, 0.6) is 0 Å². The molecular formula is C23H23Cl2F3N6O4S. The third kappa shape index (κ3) is 8.16. The molecule has 210 valence electrons. The molecule has 4 N–H and O–H groups in total. The van der Waals surface area contributed by atoms with E-state index in [4.69, 9.17) is 33.1 Å². The van der Waals surface area contributed by atoms with Crippen LogP contribution in [0.15, 0.2) is 36.5 Å². The first-order valence-corrected chi connectivity index (χ1v) is 13.9. The van der Waals surface area contributed by atoms with Gasteiger partial charge in [0.2, 0.25) is 0 Å². The summed E-state index contributed by atoms with van der Waals surface area (Å²) in [5, 5.41) is 15.4. The first-order chi connectivity index (χ1) is 18.2. The highest BCUT2D eigenvalue weighted by atomic mass is 35.5. The minimum absolute atomic E-state index is 0.00711. The van der Waals surface area contributed by atoms with E-state index in [1.807, 2.05) is 0 Å². The van der Waals surface area contributed by atoms with Crippen LogP contribution < -0.4 is 15.8 Å². The van der Waals surface area contributed by atoms with Gasteiger partial charge in [-0.3, -0.25) is 18.9 Å². The Hall–Kier alpha value is -3.17. The lowest BCUT2D eigenvalue weighted by Gasteiger charge is -2.15. The van der Waals surface area contributed by atoms with Crippen LogP contribution in [-0.4, -0.2) is 62.2 Å². The number of amides is 2. The molecule has 2 aromatic heterocycles. The number of rotatable bonds is 9. The molecule has 0 aliphatic rings. The highest BCUT2D eigenvalue weighted by Gasteiger charge is 2.36. The summed E-state index contributed by atoms with van der Waals surface area (Å²) in [6.07, 6.45) is -2.24. The molecule has 1 unspecified atom stereocenters. The first kappa shape index (κ1) is 30.4. The third-order valence-electron chi connectivity index (χ3n) is 5.00. The van der Waals surface area contributed by atoms with Crippen molar-refractivity contribution in [3.63, 3.8) is 0 Å². The number of carbonyl (C=O) groups excluding carboxylic acids is 2. The average molecular weight is 607 g/mol. The summed E-state index contributed by atoms with van der Waals surface area (Å²) in [6, 6.07) is 6.16. The summed E-state index contributed by atoms with van der Waals surface area (Å²) in [7, 11) is -2.57. The van der Waals surface area contributed by atoms with Crippen LogP contribution in [-0.2, 0) is 20.6 Å². The zero-order valence-corrected chi connectivity index (χ0v) is 22.8. The fourth-order valence-electron chi connectivity index (χ4n) is 3.24. The molecule has 0 aliphatic heterocycles. The summed E-state index contributed by atoms with van der Waals surface area (Å²) in [4.78, 5) is 30.1. The van der Waals surface area contributed by atoms with E-state index in [-0.39, 0.29) is 46.9 Å². The third-order valence-corrected chi connectivity index (χ3v) is 6.32. The second-order valence-electron chi connectivity index (χ2n) is 8.20. The standard InChI is InChI=1S/C23H23Cl2F3N6O4S/c1-13-10-14(24)11-15(21(35)31-6-7-38-8-9-39(2,29)37)19(13)32-22(36)17-12-18(23(26,27)28)33-34(17)20-16(25)4-3-5-30-20/h3-5,9-12H,6-8H2,1-2H3,(H2,29,37)(H,31,35)(H,32,36). The first-order valence-electron chi connectivity index (χ1n) is 11.0. The van der Waals surface area contributed by atoms with E-state index >= 15 is 0 Å². The van der Waals surface area contributed by atoms with Crippen molar-refractivity contribution < 1.29 is 31.7 Å². The maximum absolute atomic E-state index is 13.5. The molecule has 0 aliphatic carbocycles. The normalized spacial score (nSPS) is 13.0. The molecule has 1 aromatic carbocycles. The molecule has 16 heteroatoms. The molecule has 0 fully saturated rings. The van der Waals surface area contributed by atoms with Crippen LogP contribution >= 0.6 is 23.2 Å². The molecule has 3 rings (SSSR count). The van der Waals surface area contributed by atoms with Crippen molar-refractivity contribution in [3.8, 4) is 5.82 Å². The second-order valence-corrected chi connectivity index (χ2v) is 11.3. The van der Waals surface area contributed by atoms with Gasteiger partial charge in [-0.2, -0.15) is 18.3 Å². The van der Waals surface area contributed by atoms with Crippen LogP contribution in [0.4, 0.5) is 18.9 Å². The quantitative estimate of drug-likeness (QED) is 0.251. The van der Waals surface area contributed by atoms with Gasteiger partial charge in [0.05, 0.1) is 29.5 Å². The Balaban J connectivity index is 1.88. The van der Waals surface area contributed by atoms with Crippen molar-refractivity contribution in [1.82, 2.24) is 20.1 Å². The number of benzene rings is 1. The number of pyridine rings is 1. The van der Waals surface area contributed by atoms with Crippen molar-refractivity contribution in [3.05, 3.63) is 69.1 Å². The minimum atomic E-state index is -4.86. The maximum Gasteiger partial charge on any atom is 0.435 e. The van der Waals surface area contributed by atoms with Gasteiger partial charge in [-0.15, -0.1) is 0 Å². The molecule has 2 amide bonds. The molecule has 0 saturated heterocycles. The van der Waals surface area contributed by atoms with Gasteiger partial charge in [0.1, 0.15) is 5.69 Å². The zero-order chi connectivity index (χ0) is 29.0. The monoisotopic (exact) mass is 606 g/mol. The Labute approximate surface area is 231 Å². The van der Waals surface area contributed by atoms with Crippen LogP contribution in [0, 0.1) is 6.92 Å². The van der Waals surface area contributed by atoms with E-state index in [2.05, 4.69) is 20.7 Å². The van der Waals surface area contributed by atoms with Crippen LogP contribution in [0.25, 0.3) is 5.82 Å². The highest BCUT2D eigenvalue weighted by Crippen LogP contribution is 2.31. The smallest absolute Gasteiger partial charge is 0.375 e. The summed E-state index contributed by atoms with van der Waals surface area (Å²) < 4.78 is 57.7. The van der Waals surface area contributed by atoms with Crippen molar-refractivity contribution >= 4 is 55.8 Å². The van der Waals surface area contributed by atoms with Gasteiger partial charge >= 0.3 is 6.18 Å². The molecule has 39 heavy (non-hydrogen) atoms. The molecular weight excluding hydrogens is 584 g/mol. The molecule has 2 heterocycles. The largest absolute Gasteiger partial charge is 0.435 e. The van der Waals surface area contributed by atoms with E-state index in [0.29, 0.717) is 16.3 Å². The number of hydrogen-bond donors (Lipinski definition) is 3. The van der Waals surface area contributed by atoms with Crippen LogP contribution in [0.2, 0.25) is 10.0 Å². The van der Waals surface area contributed by atoms with Crippen LogP contribution in [0.3, 0.4) is 0 Å². The zero-order valence-electron chi connectivity index (χ0n) is 20.5. The summed E-state index contributed by atoms with van der Waals surface area (Å²) in [6.45, 7) is 1.66. The SMILES string of the molecule is Cc1cc(Cl)cc(C(=O)NCCOCC=S(C)(N)=O)c1NC(=O)c1cc(C(F)(F)F)nn1-c1ncccc1Cl. The summed E-state index contributed by atoms with van der Waals surface area (Å²) in [5.74, 6) is -1.85. The number of nitrogens with two attached hydrogens (primary N) is 1. The number of hydrogen-bond acceptors (Lipinski definition) is 6. The van der Waals surface area contributed by atoms with Crippen molar-refractivity contribution in [2.45, 2.75) is 13.1 Å².